The van der Waals surface area contributed by atoms with Gasteiger partial charge in [0.05, 0.1) is 0 Å². The molecular formula is C13H24F3N3O. The molecule has 2 N–H and O–H groups in total. The summed E-state index contributed by atoms with van der Waals surface area (Å²) in [5.74, 6) is -0.910. The van der Waals surface area contributed by atoms with Gasteiger partial charge in [-0.1, -0.05) is 6.92 Å². The molecule has 118 valence electrons. The van der Waals surface area contributed by atoms with Crippen LogP contribution in [0.4, 0.5) is 13.2 Å². The van der Waals surface area contributed by atoms with E-state index in [9.17, 15) is 18.0 Å². The Bertz CT molecular complexity index is 327. The normalized spacial score (nSPS) is 24.9. The van der Waals surface area contributed by atoms with Crippen LogP contribution in [-0.4, -0.2) is 56.3 Å². The molecule has 0 aromatic carbocycles. The summed E-state index contributed by atoms with van der Waals surface area (Å²) >= 11 is 0. The quantitative estimate of drug-likeness (QED) is 0.778. The van der Waals surface area contributed by atoms with E-state index in [1.807, 2.05) is 25.8 Å². The van der Waals surface area contributed by atoms with Crippen LogP contribution < -0.4 is 10.6 Å². The number of nitrogens with zero attached hydrogens (tertiary/aromatic N) is 1. The fraction of sp³-hybridized carbons (Fsp3) is 0.923. The van der Waals surface area contributed by atoms with Gasteiger partial charge in [0.2, 0.25) is 5.91 Å². The molecule has 2 unspecified atom stereocenters. The number of nitrogens with one attached hydrogen (secondary N) is 2. The molecule has 0 aliphatic carbocycles. The maximum atomic E-state index is 13.1. The van der Waals surface area contributed by atoms with E-state index in [4.69, 9.17) is 0 Å². The molecule has 1 rings (SSSR count). The van der Waals surface area contributed by atoms with Crippen LogP contribution in [0.25, 0.3) is 0 Å². The Hall–Kier alpha value is -0.820. The van der Waals surface area contributed by atoms with Crippen molar-refractivity contribution in [1.82, 2.24) is 15.5 Å². The first-order valence-electron chi connectivity index (χ1n) is 7.00. The second-order valence-corrected chi connectivity index (χ2v) is 5.50. The fourth-order valence-corrected chi connectivity index (χ4v) is 2.30. The minimum absolute atomic E-state index is 0.191. The molecule has 1 aliphatic heterocycles. The van der Waals surface area contributed by atoms with Gasteiger partial charge in [-0.2, -0.15) is 13.2 Å². The third-order valence-corrected chi connectivity index (χ3v) is 4.23. The highest BCUT2D eigenvalue weighted by atomic mass is 19.4. The number of hydrogen-bond acceptors (Lipinski definition) is 3. The minimum atomic E-state index is -4.51. The van der Waals surface area contributed by atoms with Gasteiger partial charge in [0.1, 0.15) is 0 Å². The summed E-state index contributed by atoms with van der Waals surface area (Å²) in [5.41, 5.74) is -2.26. The predicted octanol–water partition coefficient (Wildman–Crippen LogP) is 1.37. The van der Waals surface area contributed by atoms with E-state index in [1.165, 1.54) is 0 Å². The van der Waals surface area contributed by atoms with Crippen molar-refractivity contribution < 1.29 is 18.0 Å². The number of likely N-dealkylation sites (N-methyl/N-ethyl adjacent to an activating group) is 1. The SMILES string of the molecule is CCC(C)N(C)CCNC(=O)C1(C(F)(F)F)CCNC1. The third kappa shape index (κ3) is 3.63. The molecule has 0 aromatic heterocycles. The molecule has 0 bridgehead atoms. The number of carbonyl (C=O) groups is 1. The first-order valence-corrected chi connectivity index (χ1v) is 7.00. The van der Waals surface area contributed by atoms with Crippen LogP contribution in [0.5, 0.6) is 0 Å². The van der Waals surface area contributed by atoms with Crippen molar-refractivity contribution in [2.45, 2.75) is 38.9 Å². The van der Waals surface area contributed by atoms with Crippen molar-refractivity contribution in [3.8, 4) is 0 Å². The predicted molar refractivity (Wildman–Crippen MR) is 71.4 cm³/mol. The van der Waals surface area contributed by atoms with Crippen LogP contribution in [-0.2, 0) is 4.79 Å². The van der Waals surface area contributed by atoms with Crippen molar-refractivity contribution in [1.29, 1.82) is 0 Å². The van der Waals surface area contributed by atoms with Crippen LogP contribution in [0, 0.1) is 5.41 Å². The Kier molecular flexibility index (Phi) is 5.82. The largest absolute Gasteiger partial charge is 0.404 e. The van der Waals surface area contributed by atoms with Crippen molar-refractivity contribution >= 4 is 5.91 Å². The van der Waals surface area contributed by atoms with E-state index in [0.29, 0.717) is 12.6 Å². The fourth-order valence-electron chi connectivity index (χ4n) is 2.30. The highest BCUT2D eigenvalue weighted by Gasteiger charge is 2.61. The Morgan fingerprint density at radius 2 is 2.15 bits per heavy atom. The molecule has 1 fully saturated rings. The lowest BCUT2D eigenvalue weighted by Crippen LogP contribution is -2.53. The lowest BCUT2D eigenvalue weighted by Gasteiger charge is -2.30. The first kappa shape index (κ1) is 17.2. The van der Waals surface area contributed by atoms with Crippen LogP contribution in [0.3, 0.4) is 0 Å². The van der Waals surface area contributed by atoms with Gasteiger partial charge >= 0.3 is 6.18 Å². The number of rotatable bonds is 6. The van der Waals surface area contributed by atoms with E-state index >= 15 is 0 Å². The Balaban J connectivity index is 2.53. The monoisotopic (exact) mass is 295 g/mol. The standard InChI is InChI=1S/C13H24F3N3O/c1-4-10(2)19(3)8-7-18-11(20)12(13(14,15)16)5-6-17-9-12/h10,17H,4-9H2,1-3H3,(H,18,20). The van der Waals surface area contributed by atoms with Crippen molar-refractivity contribution in [3.05, 3.63) is 0 Å². The topological polar surface area (TPSA) is 44.4 Å². The van der Waals surface area contributed by atoms with Gasteiger partial charge in [-0.15, -0.1) is 0 Å². The number of alkyl halides is 3. The summed E-state index contributed by atoms with van der Waals surface area (Å²) < 4.78 is 39.4. The van der Waals surface area contributed by atoms with Crippen LogP contribution >= 0.6 is 0 Å². The summed E-state index contributed by atoms with van der Waals surface area (Å²) in [6, 6.07) is 0.344. The molecular weight excluding hydrogens is 271 g/mol. The van der Waals surface area contributed by atoms with Crippen LogP contribution in [0.15, 0.2) is 0 Å². The molecule has 0 spiro atoms. The molecule has 7 heteroatoms. The molecule has 1 amide bonds. The van der Waals surface area contributed by atoms with Crippen LogP contribution in [0.1, 0.15) is 26.7 Å². The minimum Gasteiger partial charge on any atom is -0.354 e. The van der Waals surface area contributed by atoms with Crippen molar-refractivity contribution in [3.63, 3.8) is 0 Å². The molecule has 0 saturated carbocycles. The second-order valence-electron chi connectivity index (χ2n) is 5.50. The number of amides is 1. The van der Waals surface area contributed by atoms with Gasteiger partial charge in [0.15, 0.2) is 5.41 Å². The summed E-state index contributed by atoms with van der Waals surface area (Å²) in [6.07, 6.45) is -3.74. The molecule has 1 heterocycles. The number of hydrogen-bond donors (Lipinski definition) is 2. The zero-order chi connectivity index (χ0) is 15.4. The molecule has 4 nitrogen and oxygen atoms in total. The van der Waals surface area contributed by atoms with Gasteiger partial charge in [-0.25, -0.2) is 0 Å². The van der Waals surface area contributed by atoms with Gasteiger partial charge in [-0.05, 0) is 33.4 Å². The van der Waals surface area contributed by atoms with E-state index in [1.54, 1.807) is 0 Å². The summed E-state index contributed by atoms with van der Waals surface area (Å²) in [6.45, 7) is 4.76. The molecule has 1 aliphatic rings. The maximum Gasteiger partial charge on any atom is 0.404 e. The molecule has 1 saturated heterocycles. The smallest absolute Gasteiger partial charge is 0.354 e. The number of carbonyl (C=O) groups excluding carboxylic acids is 1. The Morgan fingerprint density at radius 1 is 1.50 bits per heavy atom. The van der Waals surface area contributed by atoms with E-state index in [0.717, 1.165) is 6.42 Å². The first-order chi connectivity index (χ1) is 9.24. The Labute approximate surface area is 118 Å². The van der Waals surface area contributed by atoms with E-state index in [2.05, 4.69) is 10.6 Å². The Morgan fingerprint density at radius 3 is 2.60 bits per heavy atom. The molecule has 0 aromatic rings. The molecule has 20 heavy (non-hydrogen) atoms. The summed E-state index contributed by atoms with van der Waals surface area (Å²) in [4.78, 5) is 14.0. The van der Waals surface area contributed by atoms with Crippen molar-refractivity contribution in [2.75, 3.05) is 33.2 Å². The lowest BCUT2D eigenvalue weighted by atomic mass is 9.85. The van der Waals surface area contributed by atoms with Crippen molar-refractivity contribution in [2.24, 2.45) is 5.41 Å². The highest BCUT2D eigenvalue weighted by Crippen LogP contribution is 2.43. The average molecular weight is 295 g/mol. The van der Waals surface area contributed by atoms with Gasteiger partial charge in [-0.3, -0.25) is 4.79 Å². The number of halogens is 3. The maximum absolute atomic E-state index is 13.1. The van der Waals surface area contributed by atoms with E-state index < -0.39 is 17.5 Å². The van der Waals surface area contributed by atoms with Crippen LogP contribution in [0.2, 0.25) is 0 Å². The zero-order valence-electron chi connectivity index (χ0n) is 12.3. The summed E-state index contributed by atoms with van der Waals surface area (Å²) in [7, 11) is 1.90. The zero-order valence-corrected chi connectivity index (χ0v) is 12.3. The molecule has 0 radical (unpaired) electrons. The van der Waals surface area contributed by atoms with Gasteiger partial charge < -0.3 is 15.5 Å². The third-order valence-electron chi connectivity index (χ3n) is 4.23. The van der Waals surface area contributed by atoms with Gasteiger partial charge in [0.25, 0.3) is 0 Å². The lowest BCUT2D eigenvalue weighted by molar-refractivity contribution is -0.216. The van der Waals surface area contributed by atoms with Gasteiger partial charge in [0, 0.05) is 25.7 Å². The molecule has 2 atom stereocenters. The average Bonchev–Trinajstić information content (AvgIpc) is 2.87. The second kappa shape index (κ2) is 6.76. The van der Waals surface area contributed by atoms with E-state index in [-0.39, 0.29) is 26.1 Å². The highest BCUT2D eigenvalue weighted by molar-refractivity contribution is 5.84. The summed E-state index contributed by atoms with van der Waals surface area (Å²) in [5, 5.41) is 5.08.